The number of carbonyl (C=O) groups excluding carboxylic acids is 1. The SMILES string of the molecule is N#Cc1cnc2ccccc2c1OCCOC(=O)C1CCCC(F)(F)C1. The fraction of sp³-hybridized carbons (Fsp3) is 0.421. The third-order valence-electron chi connectivity index (χ3n) is 4.39. The Morgan fingerprint density at radius 2 is 2.15 bits per heavy atom. The Labute approximate surface area is 149 Å². The van der Waals surface area contributed by atoms with Gasteiger partial charge in [0.25, 0.3) is 0 Å². The fourth-order valence-electron chi connectivity index (χ4n) is 3.13. The lowest BCUT2D eigenvalue weighted by atomic mass is 9.86. The molecule has 1 fully saturated rings. The van der Waals surface area contributed by atoms with E-state index in [9.17, 15) is 18.8 Å². The first-order valence-corrected chi connectivity index (χ1v) is 8.45. The third kappa shape index (κ3) is 4.07. The Balaban J connectivity index is 1.58. The van der Waals surface area contributed by atoms with Gasteiger partial charge in [0.2, 0.25) is 5.92 Å². The number of nitriles is 1. The molecule has 136 valence electrons. The van der Waals surface area contributed by atoms with Gasteiger partial charge in [-0.2, -0.15) is 5.26 Å². The average Bonchev–Trinajstić information content (AvgIpc) is 2.64. The van der Waals surface area contributed by atoms with Gasteiger partial charge < -0.3 is 9.47 Å². The molecule has 5 nitrogen and oxygen atoms in total. The smallest absolute Gasteiger partial charge is 0.309 e. The first kappa shape index (κ1) is 18.1. The largest absolute Gasteiger partial charge is 0.488 e. The number of ether oxygens (including phenoxy) is 2. The Morgan fingerprint density at radius 3 is 2.92 bits per heavy atom. The molecule has 7 heteroatoms. The lowest BCUT2D eigenvalue weighted by Crippen LogP contribution is -2.32. The summed E-state index contributed by atoms with van der Waals surface area (Å²) in [5, 5.41) is 9.90. The highest BCUT2D eigenvalue weighted by Crippen LogP contribution is 2.37. The number of carbonyl (C=O) groups is 1. The average molecular weight is 360 g/mol. The van der Waals surface area contributed by atoms with E-state index in [2.05, 4.69) is 4.98 Å². The molecule has 0 bridgehead atoms. The summed E-state index contributed by atoms with van der Waals surface area (Å²) >= 11 is 0. The Hall–Kier alpha value is -2.75. The zero-order chi connectivity index (χ0) is 18.6. The highest BCUT2D eigenvalue weighted by atomic mass is 19.3. The van der Waals surface area contributed by atoms with Crippen molar-refractivity contribution < 1.29 is 23.0 Å². The minimum absolute atomic E-state index is 0.0253. The second kappa shape index (κ2) is 7.65. The predicted molar refractivity (Wildman–Crippen MR) is 89.8 cm³/mol. The van der Waals surface area contributed by atoms with Crippen LogP contribution in [0.3, 0.4) is 0 Å². The maximum absolute atomic E-state index is 13.4. The molecule has 0 N–H and O–H groups in total. The van der Waals surface area contributed by atoms with Gasteiger partial charge in [-0.25, -0.2) is 8.78 Å². The third-order valence-corrected chi connectivity index (χ3v) is 4.39. The first-order chi connectivity index (χ1) is 12.5. The van der Waals surface area contributed by atoms with Gasteiger partial charge in [-0.1, -0.05) is 12.1 Å². The van der Waals surface area contributed by atoms with Crippen LogP contribution in [-0.2, 0) is 9.53 Å². The lowest BCUT2D eigenvalue weighted by Gasteiger charge is -2.27. The molecule has 0 saturated heterocycles. The number of hydrogen-bond acceptors (Lipinski definition) is 5. The minimum atomic E-state index is -2.80. The molecule has 2 aromatic rings. The molecule has 0 spiro atoms. The van der Waals surface area contributed by atoms with Crippen LogP contribution in [0.25, 0.3) is 10.9 Å². The molecule has 1 aromatic carbocycles. The zero-order valence-electron chi connectivity index (χ0n) is 14.1. The van der Waals surface area contributed by atoms with E-state index in [0.717, 1.165) is 0 Å². The number of nitrogens with zero attached hydrogens (tertiary/aromatic N) is 2. The van der Waals surface area contributed by atoms with Gasteiger partial charge >= 0.3 is 5.97 Å². The number of aromatic nitrogens is 1. The molecular formula is C19H18F2N2O3. The van der Waals surface area contributed by atoms with Crippen molar-refractivity contribution in [3.63, 3.8) is 0 Å². The summed E-state index contributed by atoms with van der Waals surface area (Å²) in [5.41, 5.74) is 0.963. The molecule has 1 saturated carbocycles. The van der Waals surface area contributed by atoms with Crippen molar-refractivity contribution in [2.75, 3.05) is 13.2 Å². The van der Waals surface area contributed by atoms with Crippen LogP contribution in [0.4, 0.5) is 8.78 Å². The monoisotopic (exact) mass is 360 g/mol. The van der Waals surface area contributed by atoms with Gasteiger partial charge in [0.1, 0.15) is 30.6 Å². The molecule has 0 radical (unpaired) electrons. The van der Waals surface area contributed by atoms with Crippen molar-refractivity contribution in [2.45, 2.75) is 31.6 Å². The van der Waals surface area contributed by atoms with Crippen molar-refractivity contribution in [1.82, 2.24) is 4.98 Å². The van der Waals surface area contributed by atoms with E-state index in [4.69, 9.17) is 9.47 Å². The molecule has 1 heterocycles. The number of alkyl halides is 2. The summed E-state index contributed by atoms with van der Waals surface area (Å²) in [4.78, 5) is 16.1. The number of hydrogen-bond donors (Lipinski definition) is 0. The van der Waals surface area contributed by atoms with Crippen molar-refractivity contribution in [1.29, 1.82) is 5.26 Å². The molecule has 0 amide bonds. The van der Waals surface area contributed by atoms with E-state index >= 15 is 0 Å². The van der Waals surface area contributed by atoms with E-state index in [1.54, 1.807) is 18.2 Å². The number of rotatable bonds is 5. The summed E-state index contributed by atoms with van der Waals surface area (Å²) in [6.07, 6.45) is 1.53. The van der Waals surface area contributed by atoms with Crippen molar-refractivity contribution in [2.24, 2.45) is 5.92 Å². The molecule has 1 unspecified atom stereocenters. The molecule has 1 aromatic heterocycles. The maximum atomic E-state index is 13.4. The fourth-order valence-corrected chi connectivity index (χ4v) is 3.13. The molecule has 26 heavy (non-hydrogen) atoms. The van der Waals surface area contributed by atoms with Gasteiger partial charge in [0.05, 0.1) is 11.4 Å². The molecular weight excluding hydrogens is 342 g/mol. The second-order valence-corrected chi connectivity index (χ2v) is 6.30. The molecule has 1 aliphatic carbocycles. The topological polar surface area (TPSA) is 72.2 Å². The van der Waals surface area contributed by atoms with Crippen LogP contribution in [-0.4, -0.2) is 30.1 Å². The van der Waals surface area contributed by atoms with Gasteiger partial charge in [0.15, 0.2) is 0 Å². The quantitative estimate of drug-likeness (QED) is 0.598. The first-order valence-electron chi connectivity index (χ1n) is 8.45. The standard InChI is InChI=1S/C19H18F2N2O3/c20-19(21)7-3-4-13(10-19)18(24)26-9-8-25-17-14(11-22)12-23-16-6-2-1-5-15(16)17/h1-2,5-6,12-13H,3-4,7-10H2. The second-order valence-electron chi connectivity index (χ2n) is 6.30. The maximum Gasteiger partial charge on any atom is 0.309 e. The summed E-state index contributed by atoms with van der Waals surface area (Å²) in [6.45, 7) is -0.0417. The number of esters is 1. The van der Waals surface area contributed by atoms with Crippen molar-refractivity contribution in [3.8, 4) is 11.8 Å². The van der Waals surface area contributed by atoms with Crippen LogP contribution >= 0.6 is 0 Å². The van der Waals surface area contributed by atoms with Crippen LogP contribution in [0.2, 0.25) is 0 Å². The van der Waals surface area contributed by atoms with Crippen LogP contribution in [0.1, 0.15) is 31.2 Å². The van der Waals surface area contributed by atoms with Crippen LogP contribution in [0.15, 0.2) is 30.5 Å². The van der Waals surface area contributed by atoms with Gasteiger partial charge in [-0.15, -0.1) is 0 Å². The number of halogens is 2. The van der Waals surface area contributed by atoms with Gasteiger partial charge in [0, 0.05) is 24.4 Å². The van der Waals surface area contributed by atoms with E-state index in [0.29, 0.717) is 29.5 Å². The normalized spacial score (nSPS) is 18.9. The van der Waals surface area contributed by atoms with E-state index in [1.165, 1.54) is 6.20 Å². The number of para-hydroxylation sites is 1. The van der Waals surface area contributed by atoms with Gasteiger partial charge in [-0.05, 0) is 25.0 Å². The lowest BCUT2D eigenvalue weighted by molar-refractivity contribution is -0.156. The summed E-state index contributed by atoms with van der Waals surface area (Å²) < 4.78 is 37.5. The molecule has 1 atom stereocenters. The number of benzene rings is 1. The Kier molecular flexibility index (Phi) is 5.31. The molecule has 1 aliphatic rings. The van der Waals surface area contributed by atoms with Crippen molar-refractivity contribution >= 4 is 16.9 Å². The van der Waals surface area contributed by atoms with Gasteiger partial charge in [-0.3, -0.25) is 9.78 Å². The molecule has 0 aliphatic heterocycles. The molecule has 3 rings (SSSR count). The summed E-state index contributed by atoms with van der Waals surface area (Å²) in [7, 11) is 0. The van der Waals surface area contributed by atoms with E-state index in [1.807, 2.05) is 12.1 Å². The van der Waals surface area contributed by atoms with E-state index < -0.39 is 24.2 Å². The Bertz CT molecular complexity index is 848. The number of pyridine rings is 1. The van der Waals surface area contributed by atoms with Crippen molar-refractivity contribution in [3.05, 3.63) is 36.0 Å². The predicted octanol–water partition coefficient (Wildman–Crippen LogP) is 3.85. The number of fused-ring (bicyclic) bond motifs is 1. The van der Waals surface area contributed by atoms with Crippen LogP contribution < -0.4 is 4.74 Å². The summed E-state index contributed by atoms with van der Waals surface area (Å²) in [6, 6.07) is 9.24. The van der Waals surface area contributed by atoms with Crippen LogP contribution in [0.5, 0.6) is 5.75 Å². The minimum Gasteiger partial charge on any atom is -0.488 e. The van der Waals surface area contributed by atoms with Crippen LogP contribution in [0, 0.1) is 17.2 Å². The summed E-state index contributed by atoms with van der Waals surface area (Å²) in [5.74, 6) is -3.81. The van der Waals surface area contributed by atoms with E-state index in [-0.39, 0.29) is 25.2 Å². The highest BCUT2D eigenvalue weighted by molar-refractivity contribution is 5.87. The highest BCUT2D eigenvalue weighted by Gasteiger charge is 2.39. The Morgan fingerprint density at radius 1 is 1.35 bits per heavy atom. The zero-order valence-corrected chi connectivity index (χ0v) is 14.1.